The third kappa shape index (κ3) is 1.50. The van der Waals surface area contributed by atoms with Crippen molar-refractivity contribution < 1.29 is 0 Å². The van der Waals surface area contributed by atoms with Crippen LogP contribution < -0.4 is 5.73 Å². The minimum absolute atomic E-state index is 0.639. The molecule has 0 aliphatic carbocycles. The molecule has 0 saturated carbocycles. The van der Waals surface area contributed by atoms with Crippen molar-refractivity contribution >= 4 is 11.8 Å². The largest absolute Gasteiger partial charge is 0.329 e. The van der Waals surface area contributed by atoms with Gasteiger partial charge in [0.05, 0.1) is 0 Å². The van der Waals surface area contributed by atoms with Crippen LogP contribution in [-0.2, 0) is 6.42 Å². The molecular formula is C10H13NS. The molecule has 0 radical (unpaired) electrons. The Hall–Kier alpha value is -0.470. The molecule has 1 aromatic carbocycles. The molecule has 1 unspecified atom stereocenters. The highest BCUT2D eigenvalue weighted by Gasteiger charge is 2.16. The highest BCUT2D eigenvalue weighted by Crippen LogP contribution is 2.34. The zero-order valence-electron chi connectivity index (χ0n) is 6.99. The van der Waals surface area contributed by atoms with E-state index in [4.69, 9.17) is 5.73 Å². The monoisotopic (exact) mass is 179 g/mol. The van der Waals surface area contributed by atoms with Crippen LogP contribution in [-0.4, -0.2) is 11.8 Å². The third-order valence-corrected chi connectivity index (χ3v) is 3.68. The lowest BCUT2D eigenvalue weighted by molar-refractivity contribution is 0.738. The summed E-state index contributed by atoms with van der Waals surface area (Å²) < 4.78 is 0. The molecule has 2 heteroatoms. The first kappa shape index (κ1) is 8.14. The van der Waals surface area contributed by atoms with Gasteiger partial charge in [-0.15, -0.1) is 11.8 Å². The van der Waals surface area contributed by atoms with E-state index in [-0.39, 0.29) is 0 Å². The summed E-state index contributed by atoms with van der Waals surface area (Å²) in [5.74, 6) is 0. The molecule has 0 aromatic heterocycles. The van der Waals surface area contributed by atoms with Gasteiger partial charge in [0.25, 0.3) is 0 Å². The molecule has 0 bridgehead atoms. The average Bonchev–Trinajstić information content (AvgIpc) is 2.17. The predicted octanol–water partition coefficient (Wildman–Crippen LogP) is 2.05. The molecule has 1 aliphatic heterocycles. The summed E-state index contributed by atoms with van der Waals surface area (Å²) in [6.45, 7) is 0.805. The Morgan fingerprint density at radius 2 is 2.25 bits per heavy atom. The van der Waals surface area contributed by atoms with E-state index in [1.165, 1.54) is 23.3 Å². The summed E-state index contributed by atoms with van der Waals surface area (Å²) in [5.41, 5.74) is 7.13. The Labute approximate surface area is 77.3 Å². The molecule has 0 spiro atoms. The van der Waals surface area contributed by atoms with Gasteiger partial charge in [0.2, 0.25) is 0 Å². The first-order valence-electron chi connectivity index (χ1n) is 4.35. The van der Waals surface area contributed by atoms with Crippen LogP contribution in [0.3, 0.4) is 0 Å². The minimum atomic E-state index is 0.639. The highest BCUT2D eigenvalue weighted by molar-refractivity contribution is 8.00. The maximum Gasteiger partial charge on any atom is 0.0220 e. The summed E-state index contributed by atoms with van der Waals surface area (Å²) in [5, 5.41) is 0.639. The Morgan fingerprint density at radius 1 is 1.42 bits per heavy atom. The summed E-state index contributed by atoms with van der Waals surface area (Å²) in [7, 11) is 0. The zero-order valence-corrected chi connectivity index (χ0v) is 7.81. The van der Waals surface area contributed by atoms with Crippen molar-refractivity contribution in [1.82, 2.24) is 0 Å². The lowest BCUT2D eigenvalue weighted by Gasteiger charge is -2.22. The Kier molecular flexibility index (Phi) is 2.38. The van der Waals surface area contributed by atoms with Crippen LogP contribution in [0.25, 0.3) is 0 Å². The summed E-state index contributed by atoms with van der Waals surface area (Å²) in [6, 6.07) is 8.63. The van der Waals surface area contributed by atoms with Crippen LogP contribution in [0.4, 0.5) is 0 Å². The van der Waals surface area contributed by atoms with Crippen LogP contribution in [0.2, 0.25) is 0 Å². The molecule has 0 saturated heterocycles. The summed E-state index contributed by atoms with van der Waals surface area (Å²) in [4.78, 5) is 1.43. The van der Waals surface area contributed by atoms with Gasteiger partial charge in [-0.1, -0.05) is 18.2 Å². The number of fused-ring (bicyclic) bond motifs is 1. The van der Waals surface area contributed by atoms with Crippen molar-refractivity contribution in [2.24, 2.45) is 5.73 Å². The van der Waals surface area contributed by atoms with Gasteiger partial charge in [-0.25, -0.2) is 0 Å². The molecule has 12 heavy (non-hydrogen) atoms. The second-order valence-corrected chi connectivity index (χ2v) is 4.46. The predicted molar refractivity (Wildman–Crippen MR) is 53.5 cm³/mol. The standard InChI is InChI=1S/C10H13NS/c11-7-9-6-5-8-3-1-2-4-10(8)12-9/h1-4,9H,5-7,11H2. The van der Waals surface area contributed by atoms with E-state index in [2.05, 4.69) is 24.3 Å². The van der Waals surface area contributed by atoms with Crippen molar-refractivity contribution in [3.8, 4) is 0 Å². The van der Waals surface area contributed by atoms with Gasteiger partial charge in [-0.2, -0.15) is 0 Å². The van der Waals surface area contributed by atoms with E-state index in [0.717, 1.165) is 6.54 Å². The van der Waals surface area contributed by atoms with Gasteiger partial charge in [0.15, 0.2) is 0 Å². The molecule has 1 aromatic rings. The van der Waals surface area contributed by atoms with Crippen molar-refractivity contribution in [3.63, 3.8) is 0 Å². The first-order valence-corrected chi connectivity index (χ1v) is 5.23. The van der Waals surface area contributed by atoms with Crippen molar-refractivity contribution in [2.75, 3.05) is 6.54 Å². The Bertz CT molecular complexity index is 272. The number of nitrogens with two attached hydrogens (primary N) is 1. The molecule has 1 aliphatic rings. The second-order valence-electron chi connectivity index (χ2n) is 3.12. The van der Waals surface area contributed by atoms with Crippen molar-refractivity contribution in [3.05, 3.63) is 29.8 Å². The number of hydrogen-bond acceptors (Lipinski definition) is 2. The quantitative estimate of drug-likeness (QED) is 0.714. The van der Waals surface area contributed by atoms with Gasteiger partial charge in [-0.05, 0) is 24.5 Å². The number of aryl methyl sites for hydroxylation is 1. The van der Waals surface area contributed by atoms with E-state index in [1.54, 1.807) is 0 Å². The van der Waals surface area contributed by atoms with E-state index < -0.39 is 0 Å². The van der Waals surface area contributed by atoms with Gasteiger partial charge < -0.3 is 5.73 Å². The van der Waals surface area contributed by atoms with Crippen LogP contribution >= 0.6 is 11.8 Å². The first-order chi connectivity index (χ1) is 5.90. The van der Waals surface area contributed by atoms with Crippen molar-refractivity contribution in [2.45, 2.75) is 23.0 Å². The fraction of sp³-hybridized carbons (Fsp3) is 0.400. The molecule has 2 N–H and O–H groups in total. The lowest BCUT2D eigenvalue weighted by atomic mass is 10.1. The number of rotatable bonds is 1. The maximum atomic E-state index is 5.64. The van der Waals surface area contributed by atoms with E-state index in [9.17, 15) is 0 Å². The molecule has 0 fully saturated rings. The van der Waals surface area contributed by atoms with Crippen LogP contribution in [0.1, 0.15) is 12.0 Å². The molecule has 1 atom stereocenters. The van der Waals surface area contributed by atoms with Crippen LogP contribution in [0.5, 0.6) is 0 Å². The number of thioether (sulfide) groups is 1. The van der Waals surface area contributed by atoms with Crippen molar-refractivity contribution in [1.29, 1.82) is 0 Å². The normalized spacial score (nSPS) is 21.9. The highest BCUT2D eigenvalue weighted by atomic mass is 32.2. The molecule has 64 valence electrons. The lowest BCUT2D eigenvalue weighted by Crippen LogP contribution is -2.20. The van der Waals surface area contributed by atoms with E-state index in [0.29, 0.717) is 5.25 Å². The smallest absolute Gasteiger partial charge is 0.0220 e. The molecular weight excluding hydrogens is 166 g/mol. The van der Waals surface area contributed by atoms with Gasteiger partial charge in [0.1, 0.15) is 0 Å². The zero-order chi connectivity index (χ0) is 8.39. The summed E-state index contributed by atoms with van der Waals surface area (Å²) >= 11 is 1.93. The molecule has 2 rings (SSSR count). The molecule has 1 nitrogen and oxygen atoms in total. The number of hydrogen-bond donors (Lipinski definition) is 1. The van der Waals surface area contributed by atoms with E-state index in [1.807, 2.05) is 11.8 Å². The molecule has 0 amide bonds. The Balaban J connectivity index is 2.23. The third-order valence-electron chi connectivity index (χ3n) is 2.26. The van der Waals surface area contributed by atoms with Crippen LogP contribution in [0.15, 0.2) is 29.2 Å². The Morgan fingerprint density at radius 3 is 3.08 bits per heavy atom. The minimum Gasteiger partial charge on any atom is -0.329 e. The maximum absolute atomic E-state index is 5.64. The molecule has 1 heterocycles. The summed E-state index contributed by atoms with van der Waals surface area (Å²) in [6.07, 6.45) is 2.43. The van der Waals surface area contributed by atoms with Gasteiger partial charge in [0, 0.05) is 16.7 Å². The van der Waals surface area contributed by atoms with Gasteiger partial charge >= 0.3 is 0 Å². The topological polar surface area (TPSA) is 26.0 Å². The average molecular weight is 179 g/mol. The second kappa shape index (κ2) is 3.50. The SMILES string of the molecule is NCC1CCc2ccccc2S1. The van der Waals surface area contributed by atoms with E-state index >= 15 is 0 Å². The van der Waals surface area contributed by atoms with Crippen LogP contribution in [0, 0.1) is 0 Å². The fourth-order valence-electron chi connectivity index (χ4n) is 1.55. The van der Waals surface area contributed by atoms with Gasteiger partial charge in [-0.3, -0.25) is 0 Å². The number of benzene rings is 1. The fourth-order valence-corrected chi connectivity index (χ4v) is 2.72.